The lowest BCUT2D eigenvalue weighted by Gasteiger charge is -2.25. The van der Waals surface area contributed by atoms with Gasteiger partial charge in [0.1, 0.15) is 12.3 Å². The molecule has 130 valence electrons. The smallest absolute Gasteiger partial charge is 0.240 e. The van der Waals surface area contributed by atoms with E-state index in [1.54, 1.807) is 24.3 Å². The maximum Gasteiger partial charge on any atom is 0.240 e. The van der Waals surface area contributed by atoms with Crippen LogP contribution in [0.5, 0.6) is 5.75 Å². The standard InChI is InChI=1S/C16H26N2O4S/c1-6-13(4)17-16(19)11-18(23(5,20)21)14-9-7-8-10-15(14)22-12(2)3/h7-10,12-13H,6,11H2,1-5H3,(H,17,19). The van der Waals surface area contributed by atoms with Crippen LogP contribution in [0.3, 0.4) is 0 Å². The fraction of sp³-hybridized carbons (Fsp3) is 0.562. The molecule has 0 fully saturated rings. The molecule has 1 unspecified atom stereocenters. The third kappa shape index (κ3) is 6.09. The second-order valence-electron chi connectivity index (χ2n) is 5.78. The minimum absolute atomic E-state index is 0.00827. The van der Waals surface area contributed by atoms with E-state index >= 15 is 0 Å². The molecule has 0 aliphatic rings. The first-order valence-electron chi connectivity index (χ1n) is 7.67. The van der Waals surface area contributed by atoms with Crippen molar-refractivity contribution in [2.75, 3.05) is 17.1 Å². The van der Waals surface area contributed by atoms with Crippen molar-refractivity contribution in [2.24, 2.45) is 0 Å². The molecule has 1 atom stereocenters. The van der Waals surface area contributed by atoms with E-state index in [1.807, 2.05) is 27.7 Å². The highest BCUT2D eigenvalue weighted by Gasteiger charge is 2.24. The molecule has 23 heavy (non-hydrogen) atoms. The van der Waals surface area contributed by atoms with Crippen LogP contribution in [0.15, 0.2) is 24.3 Å². The summed E-state index contributed by atoms with van der Waals surface area (Å²) in [4.78, 5) is 12.1. The molecule has 1 N–H and O–H groups in total. The summed E-state index contributed by atoms with van der Waals surface area (Å²) >= 11 is 0. The Morgan fingerprint density at radius 1 is 1.26 bits per heavy atom. The summed E-state index contributed by atoms with van der Waals surface area (Å²) in [6, 6.07) is 6.80. The van der Waals surface area contributed by atoms with Gasteiger partial charge in [0.2, 0.25) is 15.9 Å². The highest BCUT2D eigenvalue weighted by molar-refractivity contribution is 7.92. The van der Waals surface area contributed by atoms with Gasteiger partial charge in [0, 0.05) is 6.04 Å². The maximum absolute atomic E-state index is 12.2. The number of hydrogen-bond acceptors (Lipinski definition) is 4. The Morgan fingerprint density at radius 2 is 1.87 bits per heavy atom. The lowest BCUT2D eigenvalue weighted by molar-refractivity contribution is -0.120. The van der Waals surface area contributed by atoms with Crippen LogP contribution in [0.2, 0.25) is 0 Å². The number of carbonyl (C=O) groups excluding carboxylic acids is 1. The zero-order chi connectivity index (χ0) is 17.6. The fourth-order valence-electron chi connectivity index (χ4n) is 1.95. The van der Waals surface area contributed by atoms with Gasteiger partial charge in [-0.1, -0.05) is 19.1 Å². The van der Waals surface area contributed by atoms with Crippen LogP contribution in [0.4, 0.5) is 5.69 Å². The van der Waals surface area contributed by atoms with Gasteiger partial charge in [-0.2, -0.15) is 0 Å². The zero-order valence-corrected chi connectivity index (χ0v) is 15.2. The zero-order valence-electron chi connectivity index (χ0n) is 14.4. The SMILES string of the molecule is CCC(C)NC(=O)CN(c1ccccc1OC(C)C)S(C)(=O)=O. The first-order valence-corrected chi connectivity index (χ1v) is 9.52. The lowest BCUT2D eigenvalue weighted by atomic mass is 10.2. The summed E-state index contributed by atoms with van der Waals surface area (Å²) in [6.07, 6.45) is 1.75. The molecule has 0 bridgehead atoms. The Bertz CT molecular complexity index is 629. The molecule has 0 spiro atoms. The Hall–Kier alpha value is -1.76. The van der Waals surface area contributed by atoms with E-state index in [0.717, 1.165) is 17.0 Å². The molecule has 6 nitrogen and oxygen atoms in total. The van der Waals surface area contributed by atoms with E-state index in [0.29, 0.717) is 11.4 Å². The maximum atomic E-state index is 12.2. The molecule has 0 heterocycles. The molecule has 0 aromatic heterocycles. The molecular weight excluding hydrogens is 316 g/mol. The summed E-state index contributed by atoms with van der Waals surface area (Å²) in [5.41, 5.74) is 0.364. The molecule has 1 amide bonds. The summed E-state index contributed by atoms with van der Waals surface area (Å²) in [7, 11) is -3.62. The number of rotatable bonds is 8. The lowest BCUT2D eigenvalue weighted by Crippen LogP contribution is -2.43. The van der Waals surface area contributed by atoms with Crippen molar-refractivity contribution in [1.82, 2.24) is 5.32 Å². The van der Waals surface area contributed by atoms with Gasteiger partial charge in [0.15, 0.2) is 0 Å². The number of anilines is 1. The highest BCUT2D eigenvalue weighted by atomic mass is 32.2. The molecule has 7 heteroatoms. The number of sulfonamides is 1. The molecule has 0 aliphatic heterocycles. The Morgan fingerprint density at radius 3 is 2.39 bits per heavy atom. The number of para-hydroxylation sites is 2. The van der Waals surface area contributed by atoms with Crippen LogP contribution in [0.1, 0.15) is 34.1 Å². The van der Waals surface area contributed by atoms with E-state index in [-0.39, 0.29) is 24.6 Å². The molecule has 0 saturated heterocycles. The second kappa shape index (κ2) is 8.19. The minimum Gasteiger partial charge on any atom is -0.489 e. The van der Waals surface area contributed by atoms with Crippen LogP contribution in [0, 0.1) is 0 Å². The van der Waals surface area contributed by atoms with Crippen LogP contribution < -0.4 is 14.4 Å². The summed E-state index contributed by atoms with van der Waals surface area (Å²) in [5.74, 6) is 0.0911. The summed E-state index contributed by atoms with van der Waals surface area (Å²) < 4.78 is 31.0. The molecule has 0 saturated carbocycles. The van der Waals surface area contributed by atoms with Crippen LogP contribution in [-0.2, 0) is 14.8 Å². The van der Waals surface area contributed by atoms with E-state index < -0.39 is 10.0 Å². The van der Waals surface area contributed by atoms with Crippen molar-refractivity contribution < 1.29 is 17.9 Å². The molecule has 1 aromatic carbocycles. The van der Waals surface area contributed by atoms with Gasteiger partial charge in [-0.3, -0.25) is 9.10 Å². The number of hydrogen-bond donors (Lipinski definition) is 1. The highest BCUT2D eigenvalue weighted by Crippen LogP contribution is 2.30. The number of benzene rings is 1. The summed E-state index contributed by atoms with van der Waals surface area (Å²) in [6.45, 7) is 7.26. The van der Waals surface area contributed by atoms with Gasteiger partial charge >= 0.3 is 0 Å². The average Bonchev–Trinajstić information content (AvgIpc) is 2.43. The summed E-state index contributed by atoms with van der Waals surface area (Å²) in [5, 5.41) is 2.78. The van der Waals surface area contributed by atoms with Gasteiger partial charge in [-0.25, -0.2) is 8.42 Å². The Balaban J connectivity index is 3.12. The predicted molar refractivity (Wildman–Crippen MR) is 92.3 cm³/mol. The van der Waals surface area contributed by atoms with Gasteiger partial charge in [-0.15, -0.1) is 0 Å². The largest absolute Gasteiger partial charge is 0.489 e. The number of nitrogens with one attached hydrogen (secondary N) is 1. The van der Waals surface area contributed by atoms with Crippen molar-refractivity contribution in [1.29, 1.82) is 0 Å². The van der Waals surface area contributed by atoms with Crippen LogP contribution in [0.25, 0.3) is 0 Å². The molecular formula is C16H26N2O4S. The topological polar surface area (TPSA) is 75.7 Å². The van der Waals surface area contributed by atoms with E-state index in [1.165, 1.54) is 0 Å². The normalized spacial score (nSPS) is 12.8. The molecule has 1 aromatic rings. The van der Waals surface area contributed by atoms with Gasteiger partial charge in [0.25, 0.3) is 0 Å². The number of amides is 1. The minimum atomic E-state index is -3.62. The van der Waals surface area contributed by atoms with Crippen LogP contribution in [-0.4, -0.2) is 39.3 Å². The van der Waals surface area contributed by atoms with E-state index in [4.69, 9.17) is 4.74 Å². The van der Waals surface area contributed by atoms with Crippen molar-refractivity contribution in [3.8, 4) is 5.75 Å². The third-order valence-electron chi connectivity index (χ3n) is 3.20. The van der Waals surface area contributed by atoms with E-state index in [9.17, 15) is 13.2 Å². The van der Waals surface area contributed by atoms with Crippen molar-refractivity contribution >= 4 is 21.6 Å². The van der Waals surface area contributed by atoms with Gasteiger partial charge in [0.05, 0.1) is 18.0 Å². The van der Waals surface area contributed by atoms with Crippen LogP contribution >= 0.6 is 0 Å². The molecule has 0 aliphatic carbocycles. The second-order valence-corrected chi connectivity index (χ2v) is 7.69. The first kappa shape index (κ1) is 19.3. The Labute approximate surface area is 138 Å². The predicted octanol–water partition coefficient (Wildman–Crippen LogP) is 2.15. The van der Waals surface area contributed by atoms with Crippen molar-refractivity contribution in [3.05, 3.63) is 24.3 Å². The number of ether oxygens (including phenoxy) is 1. The monoisotopic (exact) mass is 342 g/mol. The Kier molecular flexibility index (Phi) is 6.87. The van der Waals surface area contributed by atoms with Crippen molar-refractivity contribution in [3.63, 3.8) is 0 Å². The average molecular weight is 342 g/mol. The fourth-order valence-corrected chi connectivity index (χ4v) is 2.81. The number of carbonyl (C=O) groups is 1. The molecule has 0 radical (unpaired) electrons. The van der Waals surface area contributed by atoms with Crippen molar-refractivity contribution in [2.45, 2.75) is 46.3 Å². The van der Waals surface area contributed by atoms with Gasteiger partial charge in [-0.05, 0) is 39.3 Å². The number of nitrogens with zero attached hydrogens (tertiary/aromatic N) is 1. The van der Waals surface area contributed by atoms with Gasteiger partial charge < -0.3 is 10.1 Å². The first-order chi connectivity index (χ1) is 10.6. The van der Waals surface area contributed by atoms with E-state index in [2.05, 4.69) is 5.32 Å². The quantitative estimate of drug-likeness (QED) is 0.785. The third-order valence-corrected chi connectivity index (χ3v) is 4.33. The molecule has 1 rings (SSSR count).